The standard InChI is InChI=1S/C12H11Cl2N5O/c13-8-3-7(4-9(14)5-8)10(20)15-6-12(1-2-12)11-16-18-19-17-11/h3-5H,1-2,6H2,(H,15,20)(H,16,17,18,19). The Morgan fingerprint density at radius 3 is 2.55 bits per heavy atom. The van der Waals surface area contributed by atoms with Crippen molar-refractivity contribution in [1.82, 2.24) is 25.9 Å². The molecule has 0 bridgehead atoms. The molecule has 2 aromatic rings. The molecule has 20 heavy (non-hydrogen) atoms. The third kappa shape index (κ3) is 2.62. The topological polar surface area (TPSA) is 83.6 Å². The van der Waals surface area contributed by atoms with E-state index in [1.54, 1.807) is 18.2 Å². The van der Waals surface area contributed by atoms with Gasteiger partial charge in [-0.25, -0.2) is 0 Å². The van der Waals surface area contributed by atoms with Crippen LogP contribution in [0.3, 0.4) is 0 Å². The summed E-state index contributed by atoms with van der Waals surface area (Å²) in [6, 6.07) is 4.75. The molecule has 1 aliphatic rings. The van der Waals surface area contributed by atoms with E-state index in [0.29, 0.717) is 28.0 Å². The van der Waals surface area contributed by atoms with Crippen molar-refractivity contribution in [2.45, 2.75) is 18.3 Å². The molecule has 6 nitrogen and oxygen atoms in total. The summed E-state index contributed by atoms with van der Waals surface area (Å²) in [5.74, 6) is 0.422. The summed E-state index contributed by atoms with van der Waals surface area (Å²) in [7, 11) is 0. The number of nitrogens with one attached hydrogen (secondary N) is 2. The summed E-state index contributed by atoms with van der Waals surface area (Å²) in [6.45, 7) is 0.468. The highest BCUT2D eigenvalue weighted by molar-refractivity contribution is 6.35. The van der Waals surface area contributed by atoms with E-state index in [0.717, 1.165) is 12.8 Å². The lowest BCUT2D eigenvalue weighted by Gasteiger charge is -2.12. The lowest BCUT2D eigenvalue weighted by molar-refractivity contribution is 0.0949. The van der Waals surface area contributed by atoms with Gasteiger partial charge < -0.3 is 5.32 Å². The van der Waals surface area contributed by atoms with Crippen LogP contribution in [0.4, 0.5) is 0 Å². The lowest BCUT2D eigenvalue weighted by Crippen LogP contribution is -2.32. The second kappa shape index (κ2) is 5.03. The molecular formula is C12H11Cl2N5O. The molecule has 1 saturated carbocycles. The monoisotopic (exact) mass is 311 g/mol. The number of aromatic amines is 1. The van der Waals surface area contributed by atoms with Gasteiger partial charge in [0.25, 0.3) is 5.91 Å². The van der Waals surface area contributed by atoms with Crippen LogP contribution >= 0.6 is 23.2 Å². The van der Waals surface area contributed by atoms with Crippen molar-refractivity contribution in [3.63, 3.8) is 0 Å². The Bertz CT molecular complexity index is 619. The number of tetrazole rings is 1. The number of H-pyrrole nitrogens is 1. The molecule has 1 amide bonds. The fourth-order valence-corrected chi connectivity index (χ4v) is 2.58. The van der Waals surface area contributed by atoms with Gasteiger partial charge in [-0.05, 0) is 31.0 Å². The predicted octanol–water partition coefficient (Wildman–Crippen LogP) is 1.97. The third-order valence-electron chi connectivity index (χ3n) is 3.39. The SMILES string of the molecule is O=C(NCC1(c2nn[nH]n2)CC1)c1cc(Cl)cc(Cl)c1. The van der Waals surface area contributed by atoms with Crippen molar-refractivity contribution in [2.75, 3.05) is 6.54 Å². The molecule has 0 spiro atoms. The minimum absolute atomic E-state index is 0.189. The van der Waals surface area contributed by atoms with Gasteiger partial charge in [0.1, 0.15) is 0 Å². The highest BCUT2D eigenvalue weighted by Crippen LogP contribution is 2.45. The minimum Gasteiger partial charge on any atom is -0.351 e. The van der Waals surface area contributed by atoms with E-state index in [9.17, 15) is 4.79 Å². The molecule has 1 aromatic carbocycles. The van der Waals surface area contributed by atoms with Gasteiger partial charge in [0.2, 0.25) is 0 Å². The van der Waals surface area contributed by atoms with E-state index in [-0.39, 0.29) is 11.3 Å². The summed E-state index contributed by atoms with van der Waals surface area (Å²) in [6.07, 6.45) is 1.87. The summed E-state index contributed by atoms with van der Waals surface area (Å²) < 4.78 is 0. The Labute approximate surface area is 124 Å². The maximum absolute atomic E-state index is 12.1. The first-order valence-corrected chi connectivity index (χ1v) is 6.83. The Morgan fingerprint density at radius 1 is 1.30 bits per heavy atom. The third-order valence-corrected chi connectivity index (χ3v) is 3.82. The van der Waals surface area contributed by atoms with Gasteiger partial charge in [0.15, 0.2) is 5.82 Å². The van der Waals surface area contributed by atoms with E-state index in [1.165, 1.54) is 0 Å². The lowest BCUT2D eigenvalue weighted by atomic mass is 10.1. The van der Waals surface area contributed by atoms with Crippen molar-refractivity contribution in [3.05, 3.63) is 39.6 Å². The van der Waals surface area contributed by atoms with E-state index in [1.807, 2.05) is 0 Å². The molecule has 0 unspecified atom stereocenters. The average Bonchev–Trinajstić information content (AvgIpc) is 2.98. The van der Waals surface area contributed by atoms with Crippen LogP contribution < -0.4 is 5.32 Å². The summed E-state index contributed by atoms with van der Waals surface area (Å²) in [4.78, 5) is 12.1. The van der Waals surface area contributed by atoms with Gasteiger partial charge in [-0.15, -0.1) is 10.2 Å². The second-order valence-corrected chi connectivity index (χ2v) is 5.73. The molecule has 1 heterocycles. The van der Waals surface area contributed by atoms with Gasteiger partial charge in [0, 0.05) is 22.2 Å². The Morgan fingerprint density at radius 2 is 2.00 bits per heavy atom. The number of hydrogen-bond donors (Lipinski definition) is 2. The number of aromatic nitrogens is 4. The smallest absolute Gasteiger partial charge is 0.251 e. The van der Waals surface area contributed by atoms with Crippen LogP contribution in [-0.2, 0) is 5.41 Å². The molecule has 1 aliphatic carbocycles. The second-order valence-electron chi connectivity index (χ2n) is 4.86. The molecular weight excluding hydrogens is 301 g/mol. The Balaban J connectivity index is 1.68. The van der Waals surface area contributed by atoms with Crippen molar-refractivity contribution in [3.8, 4) is 0 Å². The summed E-state index contributed by atoms with van der Waals surface area (Å²) in [5.41, 5.74) is 0.247. The average molecular weight is 312 g/mol. The zero-order chi connectivity index (χ0) is 14.2. The van der Waals surface area contributed by atoms with Crippen molar-refractivity contribution in [2.24, 2.45) is 0 Å². The van der Waals surface area contributed by atoms with E-state index >= 15 is 0 Å². The molecule has 104 valence electrons. The summed E-state index contributed by atoms with van der Waals surface area (Å²) in [5, 5.41) is 17.7. The Hall–Kier alpha value is -1.66. The van der Waals surface area contributed by atoms with Gasteiger partial charge >= 0.3 is 0 Å². The number of amides is 1. The molecule has 2 N–H and O–H groups in total. The van der Waals surface area contributed by atoms with E-state index in [4.69, 9.17) is 23.2 Å². The molecule has 0 radical (unpaired) electrons. The number of nitrogens with zero attached hydrogens (tertiary/aromatic N) is 3. The molecule has 1 fully saturated rings. The maximum Gasteiger partial charge on any atom is 0.251 e. The number of rotatable bonds is 4. The summed E-state index contributed by atoms with van der Waals surface area (Å²) >= 11 is 11.8. The number of carbonyl (C=O) groups is 1. The first kappa shape index (κ1) is 13.3. The van der Waals surface area contributed by atoms with E-state index < -0.39 is 0 Å². The highest BCUT2D eigenvalue weighted by Gasteiger charge is 2.48. The van der Waals surface area contributed by atoms with Crippen LogP contribution in [0.25, 0.3) is 0 Å². The molecule has 0 saturated heterocycles. The molecule has 0 aliphatic heterocycles. The van der Waals surface area contributed by atoms with Gasteiger partial charge in [-0.3, -0.25) is 4.79 Å². The van der Waals surface area contributed by atoms with Crippen molar-refractivity contribution < 1.29 is 4.79 Å². The minimum atomic E-state index is -0.218. The number of hydrogen-bond acceptors (Lipinski definition) is 4. The molecule has 0 atom stereocenters. The fourth-order valence-electron chi connectivity index (χ4n) is 2.05. The van der Waals surface area contributed by atoms with Gasteiger partial charge in [0.05, 0.1) is 5.41 Å². The zero-order valence-electron chi connectivity index (χ0n) is 10.4. The number of carbonyl (C=O) groups excluding carboxylic acids is 1. The predicted molar refractivity (Wildman–Crippen MR) is 73.9 cm³/mol. The molecule has 1 aromatic heterocycles. The van der Waals surface area contributed by atoms with Crippen molar-refractivity contribution in [1.29, 1.82) is 0 Å². The van der Waals surface area contributed by atoms with E-state index in [2.05, 4.69) is 25.9 Å². The molecule has 3 rings (SSSR count). The first-order valence-electron chi connectivity index (χ1n) is 6.07. The first-order chi connectivity index (χ1) is 9.59. The number of benzene rings is 1. The fraction of sp³-hybridized carbons (Fsp3) is 0.333. The normalized spacial score (nSPS) is 15.9. The number of halogens is 2. The maximum atomic E-state index is 12.1. The van der Waals surface area contributed by atoms with Crippen LogP contribution in [0.1, 0.15) is 29.0 Å². The van der Waals surface area contributed by atoms with Crippen LogP contribution in [0.15, 0.2) is 18.2 Å². The van der Waals surface area contributed by atoms with Crippen molar-refractivity contribution >= 4 is 29.1 Å². The Kier molecular flexibility index (Phi) is 3.35. The largest absolute Gasteiger partial charge is 0.351 e. The van der Waals surface area contributed by atoms with Crippen LogP contribution in [0.5, 0.6) is 0 Å². The molecule has 8 heteroatoms. The zero-order valence-corrected chi connectivity index (χ0v) is 11.9. The van der Waals surface area contributed by atoms with Crippen LogP contribution in [0, 0.1) is 0 Å². The van der Waals surface area contributed by atoms with Gasteiger partial charge in [-0.1, -0.05) is 28.4 Å². The van der Waals surface area contributed by atoms with Crippen LogP contribution in [0.2, 0.25) is 10.0 Å². The highest BCUT2D eigenvalue weighted by atomic mass is 35.5. The van der Waals surface area contributed by atoms with Crippen LogP contribution in [-0.4, -0.2) is 33.1 Å². The quantitative estimate of drug-likeness (QED) is 0.904. The van der Waals surface area contributed by atoms with Gasteiger partial charge in [-0.2, -0.15) is 5.21 Å².